The fourth-order valence-corrected chi connectivity index (χ4v) is 3.55. The Kier molecular flexibility index (Phi) is 8.84. The van der Waals surface area contributed by atoms with E-state index in [1.54, 1.807) is 29.0 Å². The van der Waals surface area contributed by atoms with Gasteiger partial charge in [-0.2, -0.15) is 0 Å². The van der Waals surface area contributed by atoms with Crippen molar-refractivity contribution >= 4 is 11.8 Å². The fourth-order valence-electron chi connectivity index (χ4n) is 3.55. The molecule has 0 spiro atoms. The van der Waals surface area contributed by atoms with E-state index in [-0.39, 0.29) is 18.4 Å². The van der Waals surface area contributed by atoms with Crippen LogP contribution in [-0.2, 0) is 22.5 Å². The molecule has 6 heteroatoms. The molecule has 2 aromatic carbocycles. The molecule has 0 aliphatic rings. The summed E-state index contributed by atoms with van der Waals surface area (Å²) in [6.45, 7) is 5.40. The van der Waals surface area contributed by atoms with Crippen LogP contribution in [0.2, 0.25) is 0 Å². The molecule has 0 saturated carbocycles. The van der Waals surface area contributed by atoms with Gasteiger partial charge in [-0.05, 0) is 50.1 Å². The zero-order valence-electron chi connectivity index (χ0n) is 19.6. The lowest BCUT2D eigenvalue weighted by Gasteiger charge is -2.27. The highest BCUT2D eigenvalue weighted by Crippen LogP contribution is 2.13. The van der Waals surface area contributed by atoms with Gasteiger partial charge in [-0.25, -0.2) is 0 Å². The van der Waals surface area contributed by atoms with Crippen LogP contribution in [0.4, 0.5) is 0 Å². The van der Waals surface area contributed by atoms with Crippen LogP contribution in [0.5, 0.6) is 0 Å². The molecule has 6 nitrogen and oxygen atoms in total. The zero-order valence-corrected chi connectivity index (χ0v) is 19.6. The van der Waals surface area contributed by atoms with E-state index in [9.17, 15) is 9.59 Å². The van der Waals surface area contributed by atoms with Crippen LogP contribution in [0.15, 0.2) is 71.1 Å². The Balaban J connectivity index is 1.75. The van der Waals surface area contributed by atoms with Crippen molar-refractivity contribution < 1.29 is 18.7 Å². The van der Waals surface area contributed by atoms with E-state index in [1.165, 1.54) is 0 Å². The Bertz CT molecular complexity index is 1030. The van der Waals surface area contributed by atoms with Crippen molar-refractivity contribution in [3.05, 3.63) is 94.9 Å². The predicted molar refractivity (Wildman–Crippen MR) is 128 cm³/mol. The summed E-state index contributed by atoms with van der Waals surface area (Å²) in [6.07, 6.45) is 0.719. The molecule has 0 radical (unpaired) electrons. The van der Waals surface area contributed by atoms with Crippen LogP contribution in [0, 0.1) is 13.8 Å². The summed E-state index contributed by atoms with van der Waals surface area (Å²) in [4.78, 5) is 29.8. The number of furan rings is 1. The van der Waals surface area contributed by atoms with Crippen molar-refractivity contribution in [3.63, 3.8) is 0 Å². The SMILES string of the molecule is COCCN(CC(=O)N(CCc1ccccc1)Cc1ccc(C)o1)C(=O)c1ccc(C)cc1. The van der Waals surface area contributed by atoms with Crippen molar-refractivity contribution in [1.29, 1.82) is 0 Å². The quantitative estimate of drug-likeness (QED) is 0.440. The first-order valence-corrected chi connectivity index (χ1v) is 11.2. The Morgan fingerprint density at radius 2 is 1.61 bits per heavy atom. The number of carbonyl (C=O) groups excluding carboxylic acids is 2. The lowest BCUT2D eigenvalue weighted by atomic mass is 10.1. The van der Waals surface area contributed by atoms with Crippen LogP contribution in [0.3, 0.4) is 0 Å². The van der Waals surface area contributed by atoms with Gasteiger partial charge in [0.2, 0.25) is 5.91 Å². The van der Waals surface area contributed by atoms with E-state index in [2.05, 4.69) is 0 Å². The van der Waals surface area contributed by atoms with Gasteiger partial charge in [-0.1, -0.05) is 48.0 Å². The number of aryl methyl sites for hydroxylation is 2. The molecule has 2 amide bonds. The smallest absolute Gasteiger partial charge is 0.254 e. The number of rotatable bonds is 11. The normalized spacial score (nSPS) is 10.8. The molecule has 3 aromatic rings. The maximum Gasteiger partial charge on any atom is 0.254 e. The van der Waals surface area contributed by atoms with Gasteiger partial charge in [0, 0.05) is 25.8 Å². The monoisotopic (exact) mass is 448 g/mol. The van der Waals surface area contributed by atoms with Crippen molar-refractivity contribution in [2.75, 3.05) is 33.4 Å². The summed E-state index contributed by atoms with van der Waals surface area (Å²) >= 11 is 0. The molecule has 1 heterocycles. The predicted octanol–water partition coefficient (Wildman–Crippen LogP) is 4.26. The summed E-state index contributed by atoms with van der Waals surface area (Å²) in [5, 5.41) is 0. The molecule has 0 aliphatic heterocycles. The molecule has 0 unspecified atom stereocenters. The van der Waals surface area contributed by atoms with Crippen LogP contribution < -0.4 is 0 Å². The molecule has 0 atom stereocenters. The van der Waals surface area contributed by atoms with Crippen molar-refractivity contribution in [2.45, 2.75) is 26.8 Å². The van der Waals surface area contributed by atoms with Gasteiger partial charge in [-0.3, -0.25) is 9.59 Å². The number of carbonyl (C=O) groups is 2. The fraction of sp³-hybridized carbons (Fsp3) is 0.333. The minimum atomic E-state index is -0.183. The van der Waals surface area contributed by atoms with E-state index in [1.807, 2.05) is 68.4 Å². The van der Waals surface area contributed by atoms with Gasteiger partial charge in [0.25, 0.3) is 5.91 Å². The Hall–Kier alpha value is -3.38. The van der Waals surface area contributed by atoms with Gasteiger partial charge in [0.1, 0.15) is 18.1 Å². The summed E-state index contributed by atoms with van der Waals surface area (Å²) in [7, 11) is 1.59. The number of amides is 2. The van der Waals surface area contributed by atoms with Gasteiger partial charge < -0.3 is 19.0 Å². The molecule has 3 rings (SSSR count). The third-order valence-corrected chi connectivity index (χ3v) is 5.49. The lowest BCUT2D eigenvalue weighted by Crippen LogP contribution is -2.44. The van der Waals surface area contributed by atoms with Gasteiger partial charge >= 0.3 is 0 Å². The largest absolute Gasteiger partial charge is 0.464 e. The molecule has 0 fully saturated rings. The van der Waals surface area contributed by atoms with E-state index in [4.69, 9.17) is 9.15 Å². The highest BCUT2D eigenvalue weighted by Gasteiger charge is 2.23. The first kappa shape index (κ1) is 24.3. The average Bonchev–Trinajstić information content (AvgIpc) is 3.24. The average molecular weight is 449 g/mol. The number of benzene rings is 2. The molecule has 33 heavy (non-hydrogen) atoms. The first-order chi connectivity index (χ1) is 16.0. The highest BCUT2D eigenvalue weighted by molar-refractivity contribution is 5.96. The molecule has 174 valence electrons. The number of methoxy groups -OCH3 is 1. The molecule has 0 saturated heterocycles. The Morgan fingerprint density at radius 3 is 2.24 bits per heavy atom. The Labute approximate surface area is 195 Å². The molecular weight excluding hydrogens is 416 g/mol. The van der Waals surface area contributed by atoms with E-state index in [0.29, 0.717) is 31.8 Å². The standard InChI is InChI=1S/C27H32N2O4/c1-21-9-12-24(13-10-21)27(31)29(17-18-32-3)20-26(30)28(19-25-14-11-22(2)33-25)16-15-23-7-5-4-6-8-23/h4-14H,15-20H2,1-3H3. The summed E-state index contributed by atoms with van der Waals surface area (Å²) in [6, 6.07) is 21.2. The minimum absolute atomic E-state index is 0.0233. The number of ether oxygens (including phenoxy) is 1. The minimum Gasteiger partial charge on any atom is -0.464 e. The second-order valence-electron chi connectivity index (χ2n) is 8.15. The maximum absolute atomic E-state index is 13.4. The van der Waals surface area contributed by atoms with Crippen LogP contribution in [-0.4, -0.2) is 55.0 Å². The van der Waals surface area contributed by atoms with Crippen molar-refractivity contribution in [3.8, 4) is 0 Å². The second kappa shape index (κ2) is 12.0. The third-order valence-electron chi connectivity index (χ3n) is 5.49. The van der Waals surface area contributed by atoms with Gasteiger partial charge in [0.15, 0.2) is 0 Å². The zero-order chi connectivity index (χ0) is 23.6. The number of nitrogens with zero attached hydrogens (tertiary/aromatic N) is 2. The molecule has 0 bridgehead atoms. The van der Waals surface area contributed by atoms with Crippen LogP contribution in [0.25, 0.3) is 0 Å². The van der Waals surface area contributed by atoms with E-state index >= 15 is 0 Å². The summed E-state index contributed by atoms with van der Waals surface area (Å²) in [5.41, 5.74) is 2.78. The van der Waals surface area contributed by atoms with E-state index < -0.39 is 0 Å². The van der Waals surface area contributed by atoms with Crippen molar-refractivity contribution in [1.82, 2.24) is 9.80 Å². The van der Waals surface area contributed by atoms with Crippen LogP contribution in [0.1, 0.15) is 33.0 Å². The number of hydrogen-bond acceptors (Lipinski definition) is 4. The summed E-state index contributed by atoms with van der Waals surface area (Å²) in [5.74, 6) is 1.22. The molecular formula is C27H32N2O4. The van der Waals surface area contributed by atoms with Crippen LogP contribution >= 0.6 is 0 Å². The first-order valence-electron chi connectivity index (χ1n) is 11.2. The molecule has 1 aromatic heterocycles. The maximum atomic E-state index is 13.4. The molecule has 0 N–H and O–H groups in total. The van der Waals surface area contributed by atoms with Crippen molar-refractivity contribution in [2.24, 2.45) is 0 Å². The molecule has 0 aliphatic carbocycles. The lowest BCUT2D eigenvalue weighted by molar-refractivity contribution is -0.132. The van der Waals surface area contributed by atoms with Gasteiger partial charge in [0.05, 0.1) is 13.2 Å². The highest BCUT2D eigenvalue weighted by atomic mass is 16.5. The van der Waals surface area contributed by atoms with Gasteiger partial charge in [-0.15, -0.1) is 0 Å². The number of hydrogen-bond donors (Lipinski definition) is 0. The topological polar surface area (TPSA) is 63.0 Å². The second-order valence-corrected chi connectivity index (χ2v) is 8.15. The third kappa shape index (κ3) is 7.32. The summed E-state index contributed by atoms with van der Waals surface area (Å²) < 4.78 is 10.9. The Morgan fingerprint density at radius 1 is 0.879 bits per heavy atom. The van der Waals surface area contributed by atoms with E-state index in [0.717, 1.165) is 29.1 Å².